The van der Waals surface area contributed by atoms with E-state index in [1.54, 1.807) is 6.92 Å². The van der Waals surface area contributed by atoms with Gasteiger partial charge in [0.1, 0.15) is 0 Å². The average Bonchev–Trinajstić information content (AvgIpc) is 1.99. The topological polar surface area (TPSA) is 49.3 Å². The molecule has 3 nitrogen and oxygen atoms in total. The van der Waals surface area contributed by atoms with E-state index in [0.717, 1.165) is 12.5 Å². The van der Waals surface area contributed by atoms with E-state index in [2.05, 4.69) is 5.32 Å². The van der Waals surface area contributed by atoms with Gasteiger partial charge in [-0.15, -0.1) is 0 Å². The third kappa shape index (κ3) is 2.99. The van der Waals surface area contributed by atoms with E-state index < -0.39 is 5.97 Å². The van der Waals surface area contributed by atoms with Crippen LogP contribution in [0.4, 0.5) is 0 Å². The molecule has 0 spiro atoms. The SMILES string of the molecule is CC(NCC1CCC1)C(C)C(=O)O. The molecule has 0 aromatic rings. The van der Waals surface area contributed by atoms with E-state index in [4.69, 9.17) is 5.11 Å². The molecule has 2 unspecified atom stereocenters. The molecule has 0 amide bonds. The lowest BCUT2D eigenvalue weighted by atomic mass is 9.85. The van der Waals surface area contributed by atoms with Gasteiger partial charge < -0.3 is 10.4 Å². The summed E-state index contributed by atoms with van der Waals surface area (Å²) in [6.07, 6.45) is 3.96. The standard InChI is InChI=1S/C10H19NO2/c1-7(10(12)13)8(2)11-6-9-4-3-5-9/h7-9,11H,3-6H2,1-2H3,(H,12,13). The van der Waals surface area contributed by atoms with Crippen LogP contribution in [0.15, 0.2) is 0 Å². The normalized spacial score (nSPS) is 22.0. The van der Waals surface area contributed by atoms with Crippen LogP contribution >= 0.6 is 0 Å². The molecular weight excluding hydrogens is 166 g/mol. The first-order chi connectivity index (χ1) is 6.11. The highest BCUT2D eigenvalue weighted by molar-refractivity contribution is 5.70. The highest BCUT2D eigenvalue weighted by Gasteiger charge is 2.22. The Morgan fingerprint density at radius 1 is 1.54 bits per heavy atom. The zero-order valence-electron chi connectivity index (χ0n) is 8.42. The number of aliphatic carboxylic acids is 1. The van der Waals surface area contributed by atoms with E-state index >= 15 is 0 Å². The van der Waals surface area contributed by atoms with Gasteiger partial charge in [-0.1, -0.05) is 13.3 Å². The Kier molecular flexibility index (Phi) is 3.72. The minimum atomic E-state index is -0.714. The molecule has 1 aliphatic carbocycles. The maximum atomic E-state index is 10.6. The van der Waals surface area contributed by atoms with Crippen molar-refractivity contribution in [1.82, 2.24) is 5.32 Å². The first-order valence-electron chi connectivity index (χ1n) is 5.07. The van der Waals surface area contributed by atoms with Crippen LogP contribution in [0.5, 0.6) is 0 Å². The van der Waals surface area contributed by atoms with Crippen LogP contribution in [0, 0.1) is 11.8 Å². The number of carbonyl (C=O) groups is 1. The second-order valence-corrected chi connectivity index (χ2v) is 4.12. The summed E-state index contributed by atoms with van der Waals surface area (Å²) >= 11 is 0. The summed E-state index contributed by atoms with van der Waals surface area (Å²) < 4.78 is 0. The fourth-order valence-electron chi connectivity index (χ4n) is 1.44. The van der Waals surface area contributed by atoms with Crippen LogP contribution in [0.2, 0.25) is 0 Å². The van der Waals surface area contributed by atoms with Crippen molar-refractivity contribution in [1.29, 1.82) is 0 Å². The molecule has 1 rings (SSSR count). The third-order valence-corrected chi connectivity index (χ3v) is 3.09. The van der Waals surface area contributed by atoms with Crippen molar-refractivity contribution < 1.29 is 9.90 Å². The Balaban J connectivity index is 2.15. The highest BCUT2D eigenvalue weighted by Crippen LogP contribution is 2.25. The van der Waals surface area contributed by atoms with E-state index in [-0.39, 0.29) is 12.0 Å². The predicted octanol–water partition coefficient (Wildman–Crippen LogP) is 1.49. The van der Waals surface area contributed by atoms with Crippen LogP contribution in [0.25, 0.3) is 0 Å². The van der Waals surface area contributed by atoms with Gasteiger partial charge in [0.2, 0.25) is 0 Å². The molecular formula is C10H19NO2. The molecule has 13 heavy (non-hydrogen) atoms. The lowest BCUT2D eigenvalue weighted by Gasteiger charge is -2.28. The van der Waals surface area contributed by atoms with Crippen molar-refractivity contribution in [2.75, 3.05) is 6.54 Å². The first kappa shape index (κ1) is 10.5. The van der Waals surface area contributed by atoms with Gasteiger partial charge in [-0.3, -0.25) is 4.79 Å². The van der Waals surface area contributed by atoms with Gasteiger partial charge in [-0.2, -0.15) is 0 Å². The van der Waals surface area contributed by atoms with E-state index in [9.17, 15) is 4.79 Å². The molecule has 0 radical (unpaired) electrons. The molecule has 0 bridgehead atoms. The van der Waals surface area contributed by atoms with Gasteiger partial charge in [-0.05, 0) is 32.2 Å². The van der Waals surface area contributed by atoms with Crippen molar-refractivity contribution in [3.63, 3.8) is 0 Å². The van der Waals surface area contributed by atoms with Crippen molar-refractivity contribution in [2.24, 2.45) is 11.8 Å². The number of nitrogens with one attached hydrogen (secondary N) is 1. The summed E-state index contributed by atoms with van der Waals surface area (Å²) in [5, 5.41) is 12.0. The number of rotatable bonds is 5. The molecule has 0 aliphatic heterocycles. The van der Waals surface area contributed by atoms with Crippen LogP contribution in [0.3, 0.4) is 0 Å². The van der Waals surface area contributed by atoms with Crippen molar-refractivity contribution in [2.45, 2.75) is 39.2 Å². The van der Waals surface area contributed by atoms with E-state index in [0.29, 0.717) is 0 Å². The van der Waals surface area contributed by atoms with Gasteiger partial charge >= 0.3 is 5.97 Å². The van der Waals surface area contributed by atoms with Crippen LogP contribution in [0.1, 0.15) is 33.1 Å². The number of hydrogen-bond acceptors (Lipinski definition) is 2. The Morgan fingerprint density at radius 3 is 2.54 bits per heavy atom. The van der Waals surface area contributed by atoms with Gasteiger partial charge in [0.05, 0.1) is 5.92 Å². The summed E-state index contributed by atoms with van der Waals surface area (Å²) in [7, 11) is 0. The Hall–Kier alpha value is -0.570. The molecule has 0 saturated heterocycles. The lowest BCUT2D eigenvalue weighted by Crippen LogP contribution is -2.40. The molecule has 1 aliphatic rings. The molecule has 1 fully saturated rings. The average molecular weight is 185 g/mol. The molecule has 0 aromatic carbocycles. The molecule has 1 saturated carbocycles. The summed E-state index contributed by atoms with van der Waals surface area (Å²) in [6.45, 7) is 4.68. The summed E-state index contributed by atoms with van der Waals surface area (Å²) in [5.41, 5.74) is 0. The summed E-state index contributed by atoms with van der Waals surface area (Å²) in [6, 6.07) is 0.0816. The van der Waals surface area contributed by atoms with Gasteiger partial charge in [-0.25, -0.2) is 0 Å². The molecule has 0 aromatic heterocycles. The van der Waals surface area contributed by atoms with Crippen LogP contribution in [-0.4, -0.2) is 23.7 Å². The minimum absolute atomic E-state index is 0.0816. The Morgan fingerprint density at radius 2 is 2.15 bits per heavy atom. The summed E-state index contributed by atoms with van der Waals surface area (Å²) in [5.74, 6) is -0.211. The molecule has 3 heteroatoms. The Bertz CT molecular complexity index is 178. The number of carboxylic acid groups (broad SMARTS) is 1. The Labute approximate surface area is 79.5 Å². The van der Waals surface area contributed by atoms with Crippen molar-refractivity contribution >= 4 is 5.97 Å². The number of carboxylic acids is 1. The minimum Gasteiger partial charge on any atom is -0.481 e. The zero-order valence-corrected chi connectivity index (χ0v) is 8.42. The van der Waals surface area contributed by atoms with Crippen LogP contribution < -0.4 is 5.32 Å². The highest BCUT2D eigenvalue weighted by atomic mass is 16.4. The number of hydrogen-bond donors (Lipinski definition) is 2. The molecule has 76 valence electrons. The fourth-order valence-corrected chi connectivity index (χ4v) is 1.44. The van der Waals surface area contributed by atoms with E-state index in [1.165, 1.54) is 19.3 Å². The maximum absolute atomic E-state index is 10.6. The molecule has 2 N–H and O–H groups in total. The third-order valence-electron chi connectivity index (χ3n) is 3.09. The monoisotopic (exact) mass is 185 g/mol. The second kappa shape index (κ2) is 4.61. The smallest absolute Gasteiger partial charge is 0.307 e. The fraction of sp³-hybridized carbons (Fsp3) is 0.900. The van der Waals surface area contributed by atoms with Gasteiger partial charge in [0.25, 0.3) is 0 Å². The second-order valence-electron chi connectivity index (χ2n) is 4.12. The molecule has 0 heterocycles. The van der Waals surface area contributed by atoms with Gasteiger partial charge in [0, 0.05) is 6.04 Å². The molecule has 2 atom stereocenters. The van der Waals surface area contributed by atoms with Gasteiger partial charge in [0.15, 0.2) is 0 Å². The quantitative estimate of drug-likeness (QED) is 0.682. The lowest BCUT2D eigenvalue weighted by molar-refractivity contribution is -0.141. The van der Waals surface area contributed by atoms with E-state index in [1.807, 2.05) is 6.92 Å². The van der Waals surface area contributed by atoms with Crippen molar-refractivity contribution in [3.05, 3.63) is 0 Å². The largest absolute Gasteiger partial charge is 0.481 e. The summed E-state index contributed by atoms with van der Waals surface area (Å²) in [4.78, 5) is 10.6. The predicted molar refractivity (Wildman–Crippen MR) is 51.6 cm³/mol. The zero-order chi connectivity index (χ0) is 9.84. The van der Waals surface area contributed by atoms with Crippen LogP contribution in [-0.2, 0) is 4.79 Å². The maximum Gasteiger partial charge on any atom is 0.307 e. The van der Waals surface area contributed by atoms with Crippen molar-refractivity contribution in [3.8, 4) is 0 Å². The first-order valence-corrected chi connectivity index (χ1v) is 5.07.